The molecule has 0 aromatic heterocycles. The van der Waals surface area contributed by atoms with Crippen LogP contribution >= 0.6 is 0 Å². The summed E-state index contributed by atoms with van der Waals surface area (Å²) in [5.41, 5.74) is 2.52. The minimum atomic E-state index is -0.986. The summed E-state index contributed by atoms with van der Waals surface area (Å²) in [6, 6.07) is 14.8. The van der Waals surface area contributed by atoms with Crippen LogP contribution in [0.5, 0.6) is 11.5 Å². The summed E-state index contributed by atoms with van der Waals surface area (Å²) in [5.74, 6) is -2.04. The number of hydrogen-bond acceptors (Lipinski definition) is 6. The van der Waals surface area contributed by atoms with Crippen molar-refractivity contribution in [1.82, 2.24) is 5.32 Å². The molecule has 33 heavy (non-hydrogen) atoms. The minimum Gasteiger partial charge on any atom is -0.493 e. The molecular weight excluding hydrogens is 422 g/mol. The highest BCUT2D eigenvalue weighted by Gasteiger charge is 2.48. The molecule has 3 atom stereocenters. The number of para-hydroxylation sites is 1. The largest absolute Gasteiger partial charge is 0.493 e. The molecule has 0 bridgehead atoms. The van der Waals surface area contributed by atoms with Crippen molar-refractivity contribution in [2.75, 3.05) is 20.8 Å². The van der Waals surface area contributed by atoms with Crippen molar-refractivity contribution in [2.24, 2.45) is 5.92 Å². The van der Waals surface area contributed by atoms with Crippen LogP contribution in [0.1, 0.15) is 42.7 Å². The zero-order chi connectivity index (χ0) is 23.5. The van der Waals surface area contributed by atoms with E-state index in [9.17, 15) is 14.4 Å². The van der Waals surface area contributed by atoms with Gasteiger partial charge in [0.2, 0.25) is 5.91 Å². The van der Waals surface area contributed by atoms with Crippen LogP contribution < -0.4 is 14.8 Å². The van der Waals surface area contributed by atoms with Gasteiger partial charge in [-0.15, -0.1) is 0 Å². The molecule has 4 rings (SSSR count). The highest BCUT2D eigenvalue weighted by Crippen LogP contribution is 2.48. The van der Waals surface area contributed by atoms with Gasteiger partial charge in [-0.2, -0.15) is 0 Å². The molecule has 0 spiro atoms. The van der Waals surface area contributed by atoms with E-state index in [4.69, 9.17) is 14.2 Å². The van der Waals surface area contributed by atoms with Crippen LogP contribution in [0.4, 0.5) is 0 Å². The fourth-order valence-electron chi connectivity index (χ4n) is 4.92. The lowest BCUT2D eigenvalue weighted by atomic mass is 9.68. The van der Waals surface area contributed by atoms with Gasteiger partial charge in [0.05, 0.1) is 20.8 Å². The van der Waals surface area contributed by atoms with E-state index in [1.165, 1.54) is 14.2 Å². The Kier molecular flexibility index (Phi) is 6.49. The number of benzene rings is 2. The summed E-state index contributed by atoms with van der Waals surface area (Å²) in [6.07, 6.45) is 0.419. The number of allylic oxidation sites excluding steroid dienone is 2. The van der Waals surface area contributed by atoms with E-state index in [-0.39, 0.29) is 24.7 Å². The van der Waals surface area contributed by atoms with Crippen LogP contribution in [0.25, 0.3) is 0 Å². The first kappa shape index (κ1) is 22.6. The summed E-state index contributed by atoms with van der Waals surface area (Å²) >= 11 is 0. The smallest absolute Gasteiger partial charge is 0.317 e. The number of hydrogen-bond donors (Lipinski definition) is 1. The quantitative estimate of drug-likeness (QED) is 0.536. The first-order valence-electron chi connectivity index (χ1n) is 11.0. The van der Waals surface area contributed by atoms with Gasteiger partial charge in [0.1, 0.15) is 5.92 Å². The van der Waals surface area contributed by atoms with Crippen LogP contribution in [0, 0.1) is 5.92 Å². The number of ether oxygens (including phenoxy) is 3. The molecule has 1 amide bonds. The Bertz CT molecular complexity index is 1110. The Morgan fingerprint density at radius 1 is 1.00 bits per heavy atom. The Morgan fingerprint density at radius 3 is 2.42 bits per heavy atom. The van der Waals surface area contributed by atoms with E-state index < -0.39 is 23.7 Å². The van der Waals surface area contributed by atoms with E-state index in [0.29, 0.717) is 34.8 Å². The number of rotatable bonds is 6. The third-order valence-electron chi connectivity index (χ3n) is 6.30. The number of carbonyl (C=O) groups excluding carboxylic acids is 3. The Morgan fingerprint density at radius 2 is 1.76 bits per heavy atom. The van der Waals surface area contributed by atoms with Crippen molar-refractivity contribution >= 4 is 17.7 Å². The van der Waals surface area contributed by atoms with Crippen molar-refractivity contribution < 1.29 is 28.6 Å². The molecule has 1 aliphatic heterocycles. The molecule has 0 fully saturated rings. The van der Waals surface area contributed by atoms with Gasteiger partial charge >= 0.3 is 5.97 Å². The lowest BCUT2D eigenvalue weighted by Crippen LogP contribution is -2.44. The number of Topliss-reactive ketones (excluding diaryl/α,β-unsaturated/α-hetero) is 1. The van der Waals surface area contributed by atoms with Crippen LogP contribution in [-0.4, -0.2) is 38.5 Å². The summed E-state index contributed by atoms with van der Waals surface area (Å²) in [4.78, 5) is 39.6. The number of amides is 1. The van der Waals surface area contributed by atoms with E-state index in [1.54, 1.807) is 19.1 Å². The van der Waals surface area contributed by atoms with Gasteiger partial charge in [0.25, 0.3) is 0 Å². The first-order valence-corrected chi connectivity index (χ1v) is 11.0. The predicted octanol–water partition coefficient (Wildman–Crippen LogP) is 3.50. The van der Waals surface area contributed by atoms with Gasteiger partial charge in [-0.25, -0.2) is 0 Å². The van der Waals surface area contributed by atoms with E-state index >= 15 is 0 Å². The van der Waals surface area contributed by atoms with E-state index in [2.05, 4.69) is 5.32 Å². The molecule has 7 nitrogen and oxygen atoms in total. The normalized spacial score (nSPS) is 22.3. The molecule has 0 saturated carbocycles. The second kappa shape index (κ2) is 9.48. The van der Waals surface area contributed by atoms with Gasteiger partial charge in [-0.1, -0.05) is 42.5 Å². The van der Waals surface area contributed by atoms with Gasteiger partial charge < -0.3 is 19.5 Å². The molecule has 1 N–H and O–H groups in total. The molecule has 1 aliphatic carbocycles. The fraction of sp³-hybridized carbons (Fsp3) is 0.346. The van der Waals surface area contributed by atoms with E-state index in [0.717, 1.165) is 5.56 Å². The zero-order valence-electron chi connectivity index (χ0n) is 18.9. The second-order valence-electron chi connectivity index (χ2n) is 8.10. The molecule has 2 aromatic rings. The molecule has 0 saturated heterocycles. The maximum absolute atomic E-state index is 13.9. The third kappa shape index (κ3) is 4.11. The van der Waals surface area contributed by atoms with Crippen LogP contribution in [0.15, 0.2) is 59.8 Å². The Hall–Kier alpha value is -3.61. The topological polar surface area (TPSA) is 90.9 Å². The second-order valence-corrected chi connectivity index (χ2v) is 8.10. The Balaban J connectivity index is 1.86. The molecule has 0 radical (unpaired) electrons. The van der Waals surface area contributed by atoms with Crippen molar-refractivity contribution in [2.45, 2.75) is 31.6 Å². The molecular formula is C26H27NO6. The summed E-state index contributed by atoms with van der Waals surface area (Å²) in [6.45, 7) is 1.90. The number of methoxy groups -OCH3 is 2. The van der Waals surface area contributed by atoms with Crippen LogP contribution in [0.2, 0.25) is 0 Å². The SMILES string of the molecule is CCOC(=O)[C@@H]1C(=O)C2=C(C[C@@H]1c1ccccc1)NC(=O)C[C@H]2c1cccc(OC)c1OC. The molecule has 7 heteroatoms. The predicted molar refractivity (Wildman–Crippen MR) is 121 cm³/mol. The highest BCUT2D eigenvalue weighted by atomic mass is 16.5. The number of ketones is 1. The Labute approximate surface area is 192 Å². The number of carbonyl (C=O) groups is 3. The van der Waals surface area contributed by atoms with E-state index in [1.807, 2.05) is 36.4 Å². The summed E-state index contributed by atoms with van der Waals surface area (Å²) in [5, 5.41) is 2.90. The summed E-state index contributed by atoms with van der Waals surface area (Å²) in [7, 11) is 3.06. The van der Waals surface area contributed by atoms with Crippen molar-refractivity contribution in [3.8, 4) is 11.5 Å². The fourth-order valence-corrected chi connectivity index (χ4v) is 4.92. The third-order valence-corrected chi connectivity index (χ3v) is 6.30. The van der Waals surface area contributed by atoms with Gasteiger partial charge in [-0.3, -0.25) is 14.4 Å². The molecule has 0 unspecified atom stereocenters. The van der Waals surface area contributed by atoms with Crippen molar-refractivity contribution in [1.29, 1.82) is 0 Å². The lowest BCUT2D eigenvalue weighted by molar-refractivity contribution is -0.152. The maximum Gasteiger partial charge on any atom is 0.317 e. The van der Waals surface area contributed by atoms with Crippen LogP contribution in [0.3, 0.4) is 0 Å². The van der Waals surface area contributed by atoms with Crippen molar-refractivity contribution in [3.05, 3.63) is 70.9 Å². The average molecular weight is 450 g/mol. The highest BCUT2D eigenvalue weighted by molar-refractivity contribution is 6.12. The molecule has 2 aromatic carbocycles. The van der Waals surface area contributed by atoms with Gasteiger partial charge in [0, 0.05) is 35.1 Å². The van der Waals surface area contributed by atoms with Crippen LogP contribution in [-0.2, 0) is 19.1 Å². The van der Waals surface area contributed by atoms with Crippen molar-refractivity contribution in [3.63, 3.8) is 0 Å². The monoisotopic (exact) mass is 449 g/mol. The first-order chi connectivity index (χ1) is 16.0. The van der Waals surface area contributed by atoms with Gasteiger partial charge in [-0.05, 0) is 25.0 Å². The molecule has 172 valence electrons. The van der Waals surface area contributed by atoms with Gasteiger partial charge in [0.15, 0.2) is 17.3 Å². The number of nitrogens with one attached hydrogen (secondary N) is 1. The summed E-state index contributed by atoms with van der Waals surface area (Å²) < 4.78 is 16.3. The average Bonchev–Trinajstić information content (AvgIpc) is 2.83. The molecule has 1 heterocycles. The lowest BCUT2D eigenvalue weighted by Gasteiger charge is -2.38. The molecule has 2 aliphatic rings. The standard InChI is InChI=1S/C26H27NO6/c1-4-33-26(30)23-17(15-9-6-5-7-10-15)13-19-22(24(23)29)18(14-21(28)27-19)16-11-8-12-20(31-2)25(16)32-3/h5-12,17-18,23H,4,13-14H2,1-3H3,(H,27,28)/t17-,18+,23+/m1/s1. The zero-order valence-corrected chi connectivity index (χ0v) is 18.9. The number of esters is 1. The maximum atomic E-state index is 13.9. The minimum absolute atomic E-state index is 0.0691.